The number of ether oxygens (including phenoxy) is 2. The van der Waals surface area contributed by atoms with E-state index in [1.807, 2.05) is 4.90 Å². The number of hydrogen-bond donors (Lipinski definition) is 0. The van der Waals surface area contributed by atoms with Gasteiger partial charge in [-0.2, -0.15) is 0 Å². The maximum atomic E-state index is 12.8. The highest BCUT2D eigenvalue weighted by Gasteiger charge is 2.32. The van der Waals surface area contributed by atoms with Crippen molar-refractivity contribution in [3.8, 4) is 11.5 Å². The summed E-state index contributed by atoms with van der Waals surface area (Å²) in [6.45, 7) is 5.26. The number of piperidine rings is 1. The lowest BCUT2D eigenvalue weighted by Gasteiger charge is -2.38. The van der Waals surface area contributed by atoms with Crippen LogP contribution in [0.2, 0.25) is 0 Å². The molecule has 0 bridgehead atoms. The van der Waals surface area contributed by atoms with Crippen LogP contribution in [0.4, 0.5) is 0 Å². The molecular weight excluding hydrogens is 362 g/mol. The minimum absolute atomic E-state index is 0.0423. The number of carbonyl (C=O) groups excluding carboxylic acids is 3. The molecule has 3 aliphatic rings. The summed E-state index contributed by atoms with van der Waals surface area (Å²) in [5, 5.41) is 0. The fourth-order valence-corrected chi connectivity index (χ4v) is 4.04. The molecule has 0 atom stereocenters. The molecule has 4 rings (SSSR count). The van der Waals surface area contributed by atoms with E-state index in [4.69, 9.17) is 9.47 Å². The lowest BCUT2D eigenvalue weighted by Crippen LogP contribution is -2.52. The van der Waals surface area contributed by atoms with Gasteiger partial charge in [0.25, 0.3) is 5.91 Å². The minimum atomic E-state index is -0.0512. The van der Waals surface area contributed by atoms with Gasteiger partial charge in [0.2, 0.25) is 18.6 Å². The molecule has 2 saturated heterocycles. The van der Waals surface area contributed by atoms with E-state index in [0.29, 0.717) is 69.2 Å². The summed E-state index contributed by atoms with van der Waals surface area (Å²) in [7, 11) is 0. The zero-order valence-electron chi connectivity index (χ0n) is 16.1. The smallest absolute Gasteiger partial charge is 0.253 e. The lowest BCUT2D eigenvalue weighted by atomic mass is 9.94. The molecule has 8 nitrogen and oxygen atoms in total. The summed E-state index contributed by atoms with van der Waals surface area (Å²) >= 11 is 0. The normalized spacial score (nSPS) is 19.7. The van der Waals surface area contributed by atoms with Gasteiger partial charge in [0.15, 0.2) is 11.5 Å². The molecule has 0 aliphatic carbocycles. The molecule has 28 heavy (non-hydrogen) atoms. The molecule has 150 valence electrons. The summed E-state index contributed by atoms with van der Waals surface area (Å²) in [6, 6.07) is 5.23. The van der Waals surface area contributed by atoms with Crippen molar-refractivity contribution in [1.29, 1.82) is 0 Å². The Kier molecular flexibility index (Phi) is 5.11. The van der Waals surface area contributed by atoms with Crippen LogP contribution >= 0.6 is 0 Å². The Morgan fingerprint density at radius 2 is 1.50 bits per heavy atom. The average molecular weight is 387 g/mol. The van der Waals surface area contributed by atoms with Crippen LogP contribution in [-0.4, -0.2) is 78.5 Å². The Labute approximate surface area is 164 Å². The zero-order chi connectivity index (χ0) is 19.7. The molecule has 0 radical (unpaired) electrons. The van der Waals surface area contributed by atoms with Crippen LogP contribution in [0.1, 0.15) is 30.1 Å². The molecular formula is C20H25N3O5. The molecule has 2 fully saturated rings. The standard InChI is InChI=1S/C20H25N3O5/c1-14(24)21-8-10-23(11-9-21)19(25)15-4-6-22(7-5-15)20(26)16-2-3-17-18(12-16)28-13-27-17/h2-3,12,15H,4-11,13H2,1H3. The van der Waals surface area contributed by atoms with Gasteiger partial charge in [-0.1, -0.05) is 0 Å². The van der Waals surface area contributed by atoms with Crippen molar-refractivity contribution in [2.75, 3.05) is 46.1 Å². The molecule has 0 aromatic heterocycles. The van der Waals surface area contributed by atoms with Crippen molar-refractivity contribution in [3.63, 3.8) is 0 Å². The topological polar surface area (TPSA) is 79.4 Å². The first-order valence-electron chi connectivity index (χ1n) is 9.76. The lowest BCUT2D eigenvalue weighted by molar-refractivity contribution is -0.142. The van der Waals surface area contributed by atoms with E-state index in [-0.39, 0.29) is 30.4 Å². The van der Waals surface area contributed by atoms with Gasteiger partial charge < -0.3 is 24.2 Å². The number of amides is 3. The molecule has 1 aromatic rings. The maximum absolute atomic E-state index is 12.8. The third-order valence-corrected chi connectivity index (χ3v) is 5.79. The first kappa shape index (κ1) is 18.6. The van der Waals surface area contributed by atoms with Crippen LogP contribution in [0.15, 0.2) is 18.2 Å². The Bertz CT molecular complexity index is 780. The third-order valence-electron chi connectivity index (χ3n) is 5.79. The number of hydrogen-bond acceptors (Lipinski definition) is 5. The van der Waals surface area contributed by atoms with E-state index in [1.165, 1.54) is 0 Å². The molecule has 0 N–H and O–H groups in total. The summed E-state index contributed by atoms with van der Waals surface area (Å²) in [5.41, 5.74) is 0.578. The van der Waals surface area contributed by atoms with E-state index >= 15 is 0 Å². The van der Waals surface area contributed by atoms with Gasteiger partial charge >= 0.3 is 0 Å². The second kappa shape index (κ2) is 7.69. The van der Waals surface area contributed by atoms with Crippen LogP contribution in [-0.2, 0) is 9.59 Å². The molecule has 3 heterocycles. The number of benzene rings is 1. The van der Waals surface area contributed by atoms with Crippen LogP contribution in [0.5, 0.6) is 11.5 Å². The monoisotopic (exact) mass is 387 g/mol. The number of rotatable bonds is 2. The van der Waals surface area contributed by atoms with Crippen LogP contribution < -0.4 is 9.47 Å². The first-order chi connectivity index (χ1) is 13.5. The highest BCUT2D eigenvalue weighted by molar-refractivity contribution is 5.95. The Hall–Kier alpha value is -2.77. The minimum Gasteiger partial charge on any atom is -0.454 e. The van der Waals surface area contributed by atoms with Crippen molar-refractivity contribution in [3.05, 3.63) is 23.8 Å². The van der Waals surface area contributed by atoms with Gasteiger partial charge in [0.1, 0.15) is 0 Å². The van der Waals surface area contributed by atoms with Crippen molar-refractivity contribution in [2.24, 2.45) is 5.92 Å². The molecule has 0 saturated carbocycles. The predicted octanol–water partition coefficient (Wildman–Crippen LogP) is 0.958. The van der Waals surface area contributed by atoms with Crippen molar-refractivity contribution in [2.45, 2.75) is 19.8 Å². The second-order valence-corrected chi connectivity index (χ2v) is 7.47. The van der Waals surface area contributed by atoms with Crippen molar-refractivity contribution >= 4 is 17.7 Å². The summed E-state index contributed by atoms with van der Waals surface area (Å²) in [5.74, 6) is 1.37. The van der Waals surface area contributed by atoms with E-state index in [0.717, 1.165) is 0 Å². The van der Waals surface area contributed by atoms with Gasteiger partial charge in [-0.15, -0.1) is 0 Å². The van der Waals surface area contributed by atoms with Crippen LogP contribution in [0.25, 0.3) is 0 Å². The maximum Gasteiger partial charge on any atom is 0.253 e. The fourth-order valence-electron chi connectivity index (χ4n) is 4.04. The number of carbonyl (C=O) groups is 3. The Balaban J connectivity index is 1.30. The van der Waals surface area contributed by atoms with Crippen molar-refractivity contribution in [1.82, 2.24) is 14.7 Å². The van der Waals surface area contributed by atoms with E-state index in [1.54, 1.807) is 34.9 Å². The highest BCUT2D eigenvalue weighted by Crippen LogP contribution is 2.33. The van der Waals surface area contributed by atoms with Crippen LogP contribution in [0.3, 0.4) is 0 Å². The molecule has 3 aliphatic heterocycles. The fraction of sp³-hybridized carbons (Fsp3) is 0.550. The molecule has 3 amide bonds. The zero-order valence-corrected chi connectivity index (χ0v) is 16.1. The molecule has 8 heteroatoms. The number of nitrogens with zero attached hydrogens (tertiary/aromatic N) is 3. The Morgan fingerprint density at radius 1 is 0.857 bits per heavy atom. The van der Waals surface area contributed by atoms with Crippen molar-refractivity contribution < 1.29 is 23.9 Å². The summed E-state index contributed by atoms with van der Waals surface area (Å²) < 4.78 is 10.6. The van der Waals surface area contributed by atoms with Gasteiger partial charge in [0, 0.05) is 57.7 Å². The van der Waals surface area contributed by atoms with Gasteiger partial charge in [0.05, 0.1) is 0 Å². The SMILES string of the molecule is CC(=O)N1CCN(C(=O)C2CCN(C(=O)c3ccc4c(c3)OCO4)CC2)CC1. The number of likely N-dealkylation sites (tertiary alicyclic amines) is 1. The second-order valence-electron chi connectivity index (χ2n) is 7.47. The number of piperazine rings is 1. The third kappa shape index (κ3) is 3.63. The van der Waals surface area contributed by atoms with E-state index < -0.39 is 0 Å². The van der Waals surface area contributed by atoms with Gasteiger partial charge in [-0.25, -0.2) is 0 Å². The highest BCUT2D eigenvalue weighted by atomic mass is 16.7. The van der Waals surface area contributed by atoms with Gasteiger partial charge in [-0.3, -0.25) is 14.4 Å². The number of fused-ring (bicyclic) bond motifs is 1. The van der Waals surface area contributed by atoms with E-state index in [9.17, 15) is 14.4 Å². The largest absolute Gasteiger partial charge is 0.454 e. The summed E-state index contributed by atoms with van der Waals surface area (Å²) in [4.78, 5) is 42.4. The van der Waals surface area contributed by atoms with Gasteiger partial charge in [-0.05, 0) is 31.0 Å². The predicted molar refractivity (Wildman–Crippen MR) is 100 cm³/mol. The quantitative estimate of drug-likeness (QED) is 0.755. The van der Waals surface area contributed by atoms with E-state index in [2.05, 4.69) is 0 Å². The van der Waals surface area contributed by atoms with Crippen LogP contribution in [0, 0.1) is 5.92 Å². The Morgan fingerprint density at radius 3 is 2.18 bits per heavy atom. The molecule has 0 spiro atoms. The average Bonchev–Trinajstić information content (AvgIpc) is 3.21. The summed E-state index contributed by atoms with van der Waals surface area (Å²) in [6.07, 6.45) is 1.34. The molecule has 0 unspecified atom stereocenters. The molecule has 1 aromatic carbocycles. The first-order valence-corrected chi connectivity index (χ1v) is 9.76.